The number of nitrogens with one attached hydrogen (secondary N) is 2. The lowest BCUT2D eigenvalue weighted by Crippen LogP contribution is -2.39. The monoisotopic (exact) mass is 351 g/mol. The molecule has 4 rings (SSSR count). The fourth-order valence-electron chi connectivity index (χ4n) is 3.93. The quantitative estimate of drug-likeness (QED) is 0.757. The molecule has 0 aliphatic carbocycles. The largest absolute Gasteiger partial charge is 0.342 e. The predicted octanol–water partition coefficient (Wildman–Crippen LogP) is 3.24. The summed E-state index contributed by atoms with van der Waals surface area (Å²) >= 11 is 0. The summed E-state index contributed by atoms with van der Waals surface area (Å²) < 4.78 is 0. The SMILES string of the molecule is Cc1n[nH]c(C)c1CCC(=O)N1CCCC(c2nc3ccccc3[nH]2)C1. The lowest BCUT2D eigenvalue weighted by atomic mass is 9.96. The number of aromatic amines is 2. The van der Waals surface area contributed by atoms with E-state index in [0.717, 1.165) is 60.6 Å². The van der Waals surface area contributed by atoms with Gasteiger partial charge in [0, 0.05) is 31.1 Å². The number of aromatic nitrogens is 4. The Morgan fingerprint density at radius 3 is 2.92 bits per heavy atom. The van der Waals surface area contributed by atoms with Crippen LogP contribution in [0.2, 0.25) is 0 Å². The number of benzene rings is 1. The average Bonchev–Trinajstić information content (AvgIpc) is 3.23. The third kappa shape index (κ3) is 3.23. The molecule has 2 N–H and O–H groups in total. The van der Waals surface area contributed by atoms with E-state index in [4.69, 9.17) is 4.98 Å². The first-order valence-electron chi connectivity index (χ1n) is 9.34. The topological polar surface area (TPSA) is 77.7 Å². The molecule has 6 nitrogen and oxygen atoms in total. The van der Waals surface area contributed by atoms with Crippen LogP contribution in [0.5, 0.6) is 0 Å². The molecule has 3 aromatic rings. The van der Waals surface area contributed by atoms with E-state index in [9.17, 15) is 4.79 Å². The maximum atomic E-state index is 12.7. The van der Waals surface area contributed by atoms with Gasteiger partial charge in [-0.2, -0.15) is 5.10 Å². The van der Waals surface area contributed by atoms with Crippen LogP contribution in [0.25, 0.3) is 11.0 Å². The highest BCUT2D eigenvalue weighted by molar-refractivity contribution is 5.77. The smallest absolute Gasteiger partial charge is 0.222 e. The van der Waals surface area contributed by atoms with E-state index in [2.05, 4.69) is 15.2 Å². The lowest BCUT2D eigenvalue weighted by Gasteiger charge is -2.32. The summed E-state index contributed by atoms with van der Waals surface area (Å²) in [6.45, 7) is 5.60. The molecule has 1 unspecified atom stereocenters. The van der Waals surface area contributed by atoms with E-state index in [0.29, 0.717) is 6.42 Å². The summed E-state index contributed by atoms with van der Waals surface area (Å²) in [6.07, 6.45) is 3.38. The van der Waals surface area contributed by atoms with Crippen molar-refractivity contribution in [3.8, 4) is 0 Å². The van der Waals surface area contributed by atoms with Gasteiger partial charge in [0.1, 0.15) is 5.82 Å². The summed E-state index contributed by atoms with van der Waals surface area (Å²) in [7, 11) is 0. The number of likely N-dealkylation sites (tertiary alicyclic amines) is 1. The number of carbonyl (C=O) groups is 1. The molecular formula is C20H25N5O. The van der Waals surface area contributed by atoms with Gasteiger partial charge in [0.25, 0.3) is 0 Å². The molecule has 0 bridgehead atoms. The van der Waals surface area contributed by atoms with Gasteiger partial charge in [0.05, 0.1) is 16.7 Å². The lowest BCUT2D eigenvalue weighted by molar-refractivity contribution is -0.132. The number of nitrogens with zero attached hydrogens (tertiary/aromatic N) is 3. The van der Waals surface area contributed by atoms with Crippen molar-refractivity contribution in [2.24, 2.45) is 0 Å². The minimum absolute atomic E-state index is 0.228. The number of fused-ring (bicyclic) bond motifs is 1. The Morgan fingerprint density at radius 1 is 1.31 bits per heavy atom. The van der Waals surface area contributed by atoms with Gasteiger partial charge in [-0.05, 0) is 50.8 Å². The molecule has 2 aromatic heterocycles. The number of imidazole rings is 1. The van der Waals surface area contributed by atoms with E-state index in [1.165, 1.54) is 5.56 Å². The molecular weight excluding hydrogens is 326 g/mol. The molecule has 1 fully saturated rings. The molecule has 3 heterocycles. The van der Waals surface area contributed by atoms with Crippen molar-refractivity contribution in [2.45, 2.75) is 45.4 Å². The second-order valence-corrected chi connectivity index (χ2v) is 7.23. The number of amides is 1. The Hall–Kier alpha value is -2.63. The third-order valence-electron chi connectivity index (χ3n) is 5.44. The van der Waals surface area contributed by atoms with Crippen LogP contribution >= 0.6 is 0 Å². The van der Waals surface area contributed by atoms with Gasteiger partial charge in [0.15, 0.2) is 0 Å². The van der Waals surface area contributed by atoms with Crippen LogP contribution in [-0.4, -0.2) is 44.1 Å². The number of hydrogen-bond acceptors (Lipinski definition) is 3. The third-order valence-corrected chi connectivity index (χ3v) is 5.44. The van der Waals surface area contributed by atoms with Crippen molar-refractivity contribution in [1.29, 1.82) is 0 Å². The maximum Gasteiger partial charge on any atom is 0.222 e. The minimum atomic E-state index is 0.228. The second-order valence-electron chi connectivity index (χ2n) is 7.23. The Morgan fingerprint density at radius 2 is 2.15 bits per heavy atom. The Balaban J connectivity index is 1.42. The highest BCUT2D eigenvalue weighted by atomic mass is 16.2. The van der Waals surface area contributed by atoms with Crippen molar-refractivity contribution >= 4 is 16.9 Å². The zero-order chi connectivity index (χ0) is 18.1. The Kier molecular flexibility index (Phi) is 4.49. The number of hydrogen-bond donors (Lipinski definition) is 2. The van der Waals surface area contributed by atoms with E-state index < -0.39 is 0 Å². The fraction of sp³-hybridized carbons (Fsp3) is 0.450. The molecule has 1 saturated heterocycles. The predicted molar refractivity (Wildman–Crippen MR) is 101 cm³/mol. The number of rotatable bonds is 4. The van der Waals surface area contributed by atoms with E-state index in [1.54, 1.807) is 0 Å². The highest BCUT2D eigenvalue weighted by Gasteiger charge is 2.26. The fourth-order valence-corrected chi connectivity index (χ4v) is 3.93. The van der Waals surface area contributed by atoms with E-state index >= 15 is 0 Å². The molecule has 1 aliphatic heterocycles. The summed E-state index contributed by atoms with van der Waals surface area (Å²) in [4.78, 5) is 22.9. The van der Waals surface area contributed by atoms with Crippen LogP contribution in [0.3, 0.4) is 0 Å². The second kappa shape index (κ2) is 6.94. The Labute approximate surface area is 153 Å². The minimum Gasteiger partial charge on any atom is -0.342 e. The first-order chi connectivity index (χ1) is 12.6. The Bertz CT molecular complexity index is 873. The first kappa shape index (κ1) is 16.8. The first-order valence-corrected chi connectivity index (χ1v) is 9.34. The summed E-state index contributed by atoms with van der Waals surface area (Å²) in [5.41, 5.74) is 5.29. The van der Waals surface area contributed by atoms with E-state index in [-0.39, 0.29) is 11.8 Å². The average molecular weight is 351 g/mol. The summed E-state index contributed by atoms with van der Waals surface area (Å²) in [5, 5.41) is 7.21. The number of piperidine rings is 1. The van der Waals surface area contributed by atoms with Gasteiger partial charge in [-0.3, -0.25) is 9.89 Å². The number of carbonyl (C=O) groups excluding carboxylic acids is 1. The zero-order valence-electron chi connectivity index (χ0n) is 15.4. The molecule has 136 valence electrons. The van der Waals surface area contributed by atoms with Gasteiger partial charge in [-0.1, -0.05) is 12.1 Å². The number of H-pyrrole nitrogens is 2. The molecule has 6 heteroatoms. The molecule has 1 amide bonds. The highest BCUT2D eigenvalue weighted by Crippen LogP contribution is 2.27. The summed E-state index contributed by atoms with van der Waals surface area (Å²) in [6, 6.07) is 8.09. The normalized spacial score (nSPS) is 17.8. The van der Waals surface area contributed by atoms with E-state index in [1.807, 2.05) is 43.0 Å². The molecule has 0 spiro atoms. The molecule has 0 radical (unpaired) electrons. The van der Waals surface area contributed by atoms with Crippen LogP contribution in [0, 0.1) is 13.8 Å². The van der Waals surface area contributed by atoms with Crippen molar-refractivity contribution < 1.29 is 4.79 Å². The molecule has 26 heavy (non-hydrogen) atoms. The maximum absolute atomic E-state index is 12.7. The summed E-state index contributed by atoms with van der Waals surface area (Å²) in [5.74, 6) is 1.52. The van der Waals surface area contributed by atoms with Gasteiger partial charge < -0.3 is 9.88 Å². The van der Waals surface area contributed by atoms with Gasteiger partial charge in [-0.25, -0.2) is 4.98 Å². The molecule has 1 aromatic carbocycles. The van der Waals surface area contributed by atoms with Crippen LogP contribution in [0.4, 0.5) is 0 Å². The van der Waals surface area contributed by atoms with Crippen LogP contribution in [-0.2, 0) is 11.2 Å². The standard InChI is InChI=1S/C20H25N5O/c1-13-16(14(2)24-23-13)9-10-19(26)25-11-5-6-15(12-25)20-21-17-7-3-4-8-18(17)22-20/h3-4,7-8,15H,5-6,9-12H2,1-2H3,(H,21,22)(H,23,24). The molecule has 0 saturated carbocycles. The van der Waals surface area contributed by atoms with Crippen molar-refractivity contribution in [3.63, 3.8) is 0 Å². The molecule has 1 atom stereocenters. The van der Waals surface area contributed by atoms with Gasteiger partial charge in [-0.15, -0.1) is 0 Å². The number of para-hydroxylation sites is 2. The van der Waals surface area contributed by atoms with Crippen molar-refractivity contribution in [2.75, 3.05) is 13.1 Å². The number of aryl methyl sites for hydroxylation is 2. The van der Waals surface area contributed by atoms with Crippen molar-refractivity contribution in [3.05, 3.63) is 47.0 Å². The van der Waals surface area contributed by atoms with Crippen molar-refractivity contribution in [1.82, 2.24) is 25.1 Å². The van der Waals surface area contributed by atoms with Crippen LogP contribution < -0.4 is 0 Å². The van der Waals surface area contributed by atoms with Crippen LogP contribution in [0.1, 0.15) is 48.0 Å². The van der Waals surface area contributed by atoms with Gasteiger partial charge in [0.2, 0.25) is 5.91 Å². The molecule has 1 aliphatic rings. The van der Waals surface area contributed by atoms with Gasteiger partial charge >= 0.3 is 0 Å². The zero-order valence-corrected chi connectivity index (χ0v) is 15.4. The van der Waals surface area contributed by atoms with Crippen LogP contribution in [0.15, 0.2) is 24.3 Å².